The molecule has 22 heavy (non-hydrogen) atoms. The van der Waals surface area contributed by atoms with Crippen LogP contribution in [0, 0.1) is 0 Å². The molecule has 0 atom stereocenters. The Hall–Kier alpha value is -2.41. The summed E-state index contributed by atoms with van der Waals surface area (Å²) in [5.41, 5.74) is 0.832. The first-order valence-electron chi connectivity index (χ1n) is 7.07. The lowest BCUT2D eigenvalue weighted by Crippen LogP contribution is -2.45. The summed E-state index contributed by atoms with van der Waals surface area (Å²) in [4.78, 5) is 36.8. The van der Waals surface area contributed by atoms with E-state index in [4.69, 9.17) is 9.47 Å². The topological polar surface area (TPSA) is 84.9 Å². The molecule has 2 amide bonds. The van der Waals surface area contributed by atoms with E-state index in [1.165, 1.54) is 17.0 Å². The molecule has 0 aromatic heterocycles. The molecule has 0 bridgehead atoms. The van der Waals surface area contributed by atoms with Crippen molar-refractivity contribution in [3.63, 3.8) is 0 Å². The van der Waals surface area contributed by atoms with Crippen LogP contribution in [-0.2, 0) is 19.1 Å². The Kier molecular flexibility index (Phi) is 5.48. The summed E-state index contributed by atoms with van der Waals surface area (Å²) < 4.78 is 10.0. The van der Waals surface area contributed by atoms with E-state index in [9.17, 15) is 14.4 Å². The second-order valence-electron chi connectivity index (χ2n) is 4.66. The Balaban J connectivity index is 1.93. The lowest BCUT2D eigenvalue weighted by molar-refractivity contribution is -0.145. The molecule has 1 heterocycles. The second kappa shape index (κ2) is 7.56. The molecule has 2 rings (SSSR count). The summed E-state index contributed by atoms with van der Waals surface area (Å²) in [6, 6.07) is 6.17. The molecular weight excluding hydrogens is 288 g/mol. The fourth-order valence-corrected chi connectivity index (χ4v) is 2.00. The first-order chi connectivity index (χ1) is 10.6. The van der Waals surface area contributed by atoms with Gasteiger partial charge in [0.15, 0.2) is 0 Å². The second-order valence-corrected chi connectivity index (χ2v) is 4.66. The van der Waals surface area contributed by atoms with Crippen molar-refractivity contribution in [1.29, 1.82) is 0 Å². The molecule has 1 aliphatic rings. The van der Waals surface area contributed by atoms with E-state index in [0.717, 1.165) is 0 Å². The number of carbonyl (C=O) groups excluding carboxylic acids is 3. The van der Waals surface area contributed by atoms with Crippen LogP contribution in [0.5, 0.6) is 0 Å². The number of esters is 1. The Labute approximate surface area is 128 Å². The van der Waals surface area contributed by atoms with Crippen LogP contribution in [-0.4, -0.2) is 55.6 Å². The minimum Gasteiger partial charge on any atom is -0.462 e. The lowest BCUT2D eigenvalue weighted by Gasteiger charge is -2.26. The maximum absolute atomic E-state index is 11.9. The number of hydrogen-bond donors (Lipinski definition) is 1. The smallest absolute Gasteiger partial charge is 0.338 e. The van der Waals surface area contributed by atoms with Crippen molar-refractivity contribution >= 4 is 23.5 Å². The minimum absolute atomic E-state index is 0.297. The van der Waals surface area contributed by atoms with Gasteiger partial charge in [0.25, 0.3) is 0 Å². The molecule has 7 heteroatoms. The van der Waals surface area contributed by atoms with Crippen LogP contribution in [0.15, 0.2) is 24.3 Å². The van der Waals surface area contributed by atoms with Crippen molar-refractivity contribution in [2.24, 2.45) is 0 Å². The van der Waals surface area contributed by atoms with Crippen LogP contribution in [0.1, 0.15) is 17.3 Å². The quantitative estimate of drug-likeness (QED) is 0.655. The number of hydrogen-bond acceptors (Lipinski definition) is 5. The van der Waals surface area contributed by atoms with Crippen molar-refractivity contribution in [2.45, 2.75) is 6.92 Å². The highest BCUT2D eigenvalue weighted by Gasteiger charge is 2.23. The fraction of sp³-hybridized carbons (Fsp3) is 0.400. The molecule has 1 N–H and O–H groups in total. The van der Waals surface area contributed by atoms with Gasteiger partial charge in [0.1, 0.15) is 0 Å². The summed E-state index contributed by atoms with van der Waals surface area (Å²) in [5, 5.41) is 2.51. The predicted molar refractivity (Wildman–Crippen MR) is 78.4 cm³/mol. The van der Waals surface area contributed by atoms with Gasteiger partial charge < -0.3 is 19.7 Å². The van der Waals surface area contributed by atoms with Crippen molar-refractivity contribution < 1.29 is 23.9 Å². The number of rotatable bonds is 3. The summed E-state index contributed by atoms with van der Waals surface area (Å²) in [7, 11) is 0. The van der Waals surface area contributed by atoms with Crippen LogP contribution in [0.2, 0.25) is 0 Å². The third-order valence-corrected chi connectivity index (χ3v) is 3.15. The summed E-state index contributed by atoms with van der Waals surface area (Å²) in [6.45, 7) is 3.72. The normalized spacial score (nSPS) is 14.3. The van der Waals surface area contributed by atoms with Gasteiger partial charge >= 0.3 is 17.8 Å². The van der Waals surface area contributed by atoms with E-state index < -0.39 is 17.8 Å². The molecule has 0 unspecified atom stereocenters. The first-order valence-corrected chi connectivity index (χ1v) is 7.07. The van der Waals surface area contributed by atoms with Crippen LogP contribution in [0.25, 0.3) is 0 Å². The Morgan fingerprint density at radius 3 is 2.41 bits per heavy atom. The van der Waals surface area contributed by atoms with Crippen LogP contribution in [0.4, 0.5) is 5.69 Å². The largest absolute Gasteiger partial charge is 0.462 e. The molecular formula is C15H18N2O5. The van der Waals surface area contributed by atoms with Gasteiger partial charge in [0.05, 0.1) is 25.4 Å². The number of nitrogens with one attached hydrogen (secondary N) is 1. The summed E-state index contributed by atoms with van der Waals surface area (Å²) in [5.74, 6) is -1.71. The van der Waals surface area contributed by atoms with Crippen LogP contribution >= 0.6 is 0 Å². The number of carbonyl (C=O) groups is 3. The SMILES string of the molecule is CCOC(=O)c1ccc(NC(=O)C(=O)N2CCOCC2)cc1. The average molecular weight is 306 g/mol. The zero-order chi connectivity index (χ0) is 15.9. The molecule has 1 fully saturated rings. The highest BCUT2D eigenvalue weighted by Crippen LogP contribution is 2.11. The van der Waals surface area contributed by atoms with Crippen LogP contribution in [0.3, 0.4) is 0 Å². The van der Waals surface area contributed by atoms with E-state index in [1.807, 2.05) is 0 Å². The first kappa shape index (κ1) is 16.0. The van der Waals surface area contributed by atoms with E-state index in [0.29, 0.717) is 44.2 Å². The van der Waals surface area contributed by atoms with Gasteiger partial charge in [0.2, 0.25) is 0 Å². The van der Waals surface area contributed by atoms with E-state index >= 15 is 0 Å². The molecule has 1 aliphatic heterocycles. The molecule has 7 nitrogen and oxygen atoms in total. The molecule has 0 saturated carbocycles. The van der Waals surface area contributed by atoms with Gasteiger partial charge in [0, 0.05) is 18.8 Å². The van der Waals surface area contributed by atoms with Gasteiger partial charge in [-0.3, -0.25) is 9.59 Å². The molecule has 0 radical (unpaired) electrons. The third-order valence-electron chi connectivity index (χ3n) is 3.15. The maximum Gasteiger partial charge on any atom is 0.338 e. The van der Waals surface area contributed by atoms with Gasteiger partial charge in [-0.15, -0.1) is 0 Å². The Morgan fingerprint density at radius 1 is 1.18 bits per heavy atom. The number of ether oxygens (including phenoxy) is 2. The van der Waals surface area contributed by atoms with Crippen molar-refractivity contribution in [3.8, 4) is 0 Å². The summed E-state index contributed by atoms with van der Waals surface area (Å²) >= 11 is 0. The lowest BCUT2D eigenvalue weighted by atomic mass is 10.2. The average Bonchev–Trinajstić information content (AvgIpc) is 2.55. The number of benzene rings is 1. The molecule has 0 aliphatic carbocycles. The molecule has 1 aromatic carbocycles. The molecule has 1 saturated heterocycles. The highest BCUT2D eigenvalue weighted by molar-refractivity contribution is 6.39. The zero-order valence-electron chi connectivity index (χ0n) is 12.3. The predicted octanol–water partition coefficient (Wildman–Crippen LogP) is 0.661. The third kappa shape index (κ3) is 4.05. The number of nitrogens with zero attached hydrogens (tertiary/aromatic N) is 1. The monoisotopic (exact) mass is 306 g/mol. The standard InChI is InChI=1S/C15H18N2O5/c1-2-22-15(20)11-3-5-12(6-4-11)16-13(18)14(19)17-7-9-21-10-8-17/h3-6H,2,7-10H2,1H3,(H,16,18). The van der Waals surface area contributed by atoms with Gasteiger partial charge in [-0.05, 0) is 31.2 Å². The van der Waals surface area contributed by atoms with Gasteiger partial charge in [-0.25, -0.2) is 4.79 Å². The van der Waals surface area contributed by atoms with Crippen LogP contribution < -0.4 is 5.32 Å². The zero-order valence-corrected chi connectivity index (χ0v) is 12.3. The summed E-state index contributed by atoms with van der Waals surface area (Å²) in [6.07, 6.45) is 0. The highest BCUT2D eigenvalue weighted by atomic mass is 16.5. The number of morpholine rings is 1. The fourth-order valence-electron chi connectivity index (χ4n) is 2.00. The van der Waals surface area contributed by atoms with Crippen molar-refractivity contribution in [2.75, 3.05) is 38.2 Å². The molecule has 1 aromatic rings. The van der Waals surface area contributed by atoms with Gasteiger partial charge in [-0.1, -0.05) is 0 Å². The minimum atomic E-state index is -0.703. The number of anilines is 1. The molecule has 118 valence electrons. The van der Waals surface area contributed by atoms with Crippen molar-refractivity contribution in [1.82, 2.24) is 4.90 Å². The van der Waals surface area contributed by atoms with E-state index in [1.54, 1.807) is 19.1 Å². The number of amides is 2. The Morgan fingerprint density at radius 2 is 1.82 bits per heavy atom. The molecule has 0 spiro atoms. The van der Waals surface area contributed by atoms with Crippen molar-refractivity contribution in [3.05, 3.63) is 29.8 Å². The maximum atomic E-state index is 11.9. The van der Waals surface area contributed by atoms with E-state index in [-0.39, 0.29) is 0 Å². The van der Waals surface area contributed by atoms with E-state index in [2.05, 4.69) is 5.32 Å². The van der Waals surface area contributed by atoms with Gasteiger partial charge in [-0.2, -0.15) is 0 Å². The Bertz CT molecular complexity index is 550.